The minimum atomic E-state index is -0.642. The van der Waals surface area contributed by atoms with Crippen molar-refractivity contribution >= 4 is 12.0 Å². The number of carbonyl (C=O) groups excluding carboxylic acids is 2. The molecule has 0 unspecified atom stereocenters. The van der Waals surface area contributed by atoms with E-state index in [1.54, 1.807) is 6.92 Å². The molecule has 0 saturated carbocycles. The summed E-state index contributed by atoms with van der Waals surface area (Å²) in [5.41, 5.74) is 0. The van der Waals surface area contributed by atoms with Gasteiger partial charge in [0.2, 0.25) is 5.91 Å². The van der Waals surface area contributed by atoms with Crippen molar-refractivity contribution in [2.75, 3.05) is 20.2 Å². The van der Waals surface area contributed by atoms with Crippen LogP contribution in [-0.4, -0.2) is 54.4 Å². The number of carbonyl (C=O) groups is 2. The summed E-state index contributed by atoms with van der Waals surface area (Å²) in [6.45, 7) is 7.87. The van der Waals surface area contributed by atoms with Gasteiger partial charge < -0.3 is 20.1 Å². The Kier molecular flexibility index (Phi) is 7.35. The van der Waals surface area contributed by atoms with Gasteiger partial charge in [-0.05, 0) is 19.8 Å². The average Bonchev–Trinajstić information content (AvgIpc) is 2.31. The standard InChI is InChI=1S/C12H24N2O4/c1-6-14(7-9(4)15)11(16)10(8(2)3)13-12(17)18-5/h8-10,15H,6-7H2,1-5H3,(H,13,17)/t9-,10-/m0/s1. The number of ether oxygens (including phenoxy) is 1. The van der Waals surface area contributed by atoms with E-state index in [1.165, 1.54) is 12.0 Å². The van der Waals surface area contributed by atoms with Crippen molar-refractivity contribution in [1.82, 2.24) is 10.2 Å². The van der Waals surface area contributed by atoms with E-state index in [0.29, 0.717) is 6.54 Å². The third-order valence-corrected chi connectivity index (χ3v) is 2.57. The van der Waals surface area contributed by atoms with Gasteiger partial charge in [0, 0.05) is 13.1 Å². The van der Waals surface area contributed by atoms with Crippen LogP contribution in [0.3, 0.4) is 0 Å². The predicted octanol–water partition coefficient (Wildman–Crippen LogP) is 0.596. The first-order valence-electron chi connectivity index (χ1n) is 6.14. The van der Waals surface area contributed by atoms with Gasteiger partial charge in [-0.15, -0.1) is 0 Å². The monoisotopic (exact) mass is 260 g/mol. The summed E-state index contributed by atoms with van der Waals surface area (Å²) in [6.07, 6.45) is -1.23. The lowest BCUT2D eigenvalue weighted by Crippen LogP contribution is -2.52. The number of nitrogens with one attached hydrogen (secondary N) is 1. The molecule has 0 aromatic heterocycles. The minimum Gasteiger partial charge on any atom is -0.453 e. The Bertz CT molecular complexity index is 279. The van der Waals surface area contributed by atoms with Crippen LogP contribution >= 0.6 is 0 Å². The number of nitrogens with zero attached hydrogens (tertiary/aromatic N) is 1. The molecule has 0 heterocycles. The van der Waals surface area contributed by atoms with E-state index in [4.69, 9.17) is 0 Å². The van der Waals surface area contributed by atoms with Gasteiger partial charge in [-0.2, -0.15) is 0 Å². The maximum absolute atomic E-state index is 12.2. The second-order valence-electron chi connectivity index (χ2n) is 4.58. The maximum atomic E-state index is 12.2. The topological polar surface area (TPSA) is 78.9 Å². The zero-order chi connectivity index (χ0) is 14.3. The fourth-order valence-electron chi connectivity index (χ4n) is 1.59. The molecule has 0 aromatic rings. The van der Waals surface area contributed by atoms with Gasteiger partial charge >= 0.3 is 6.09 Å². The highest BCUT2D eigenvalue weighted by Crippen LogP contribution is 2.07. The van der Waals surface area contributed by atoms with Gasteiger partial charge in [0.1, 0.15) is 6.04 Å². The van der Waals surface area contributed by atoms with Gasteiger partial charge in [0.15, 0.2) is 0 Å². The Morgan fingerprint density at radius 3 is 2.22 bits per heavy atom. The van der Waals surface area contributed by atoms with Gasteiger partial charge in [0.25, 0.3) is 0 Å². The summed E-state index contributed by atoms with van der Waals surface area (Å²) in [5.74, 6) is -0.265. The Labute approximate surface area is 108 Å². The highest BCUT2D eigenvalue weighted by atomic mass is 16.5. The van der Waals surface area contributed by atoms with Crippen molar-refractivity contribution in [2.45, 2.75) is 39.8 Å². The molecule has 6 nitrogen and oxygen atoms in total. The van der Waals surface area contributed by atoms with Gasteiger partial charge in [-0.25, -0.2) is 4.79 Å². The van der Waals surface area contributed by atoms with Crippen molar-refractivity contribution in [1.29, 1.82) is 0 Å². The Balaban J connectivity index is 4.77. The van der Waals surface area contributed by atoms with Gasteiger partial charge in [-0.3, -0.25) is 4.79 Å². The first-order valence-corrected chi connectivity index (χ1v) is 6.14. The van der Waals surface area contributed by atoms with Crippen molar-refractivity contribution in [3.63, 3.8) is 0 Å². The van der Waals surface area contributed by atoms with Crippen LogP contribution in [-0.2, 0) is 9.53 Å². The minimum absolute atomic E-state index is 0.0559. The molecule has 2 N–H and O–H groups in total. The van der Waals surface area contributed by atoms with Gasteiger partial charge in [-0.1, -0.05) is 13.8 Å². The lowest BCUT2D eigenvalue weighted by atomic mass is 10.0. The van der Waals surface area contributed by atoms with Crippen molar-refractivity contribution < 1.29 is 19.4 Å². The van der Waals surface area contributed by atoms with Crippen LogP contribution in [0.4, 0.5) is 4.79 Å². The average molecular weight is 260 g/mol. The third-order valence-electron chi connectivity index (χ3n) is 2.57. The summed E-state index contributed by atoms with van der Waals surface area (Å²) in [6, 6.07) is -0.642. The van der Waals surface area contributed by atoms with Crippen LogP contribution in [0.25, 0.3) is 0 Å². The zero-order valence-electron chi connectivity index (χ0n) is 11.8. The largest absolute Gasteiger partial charge is 0.453 e. The summed E-state index contributed by atoms with van der Waals surface area (Å²) < 4.78 is 4.51. The summed E-state index contributed by atoms with van der Waals surface area (Å²) in [4.78, 5) is 25.0. The molecule has 0 bridgehead atoms. The summed E-state index contributed by atoms with van der Waals surface area (Å²) in [7, 11) is 1.25. The molecule has 0 radical (unpaired) electrons. The van der Waals surface area contributed by atoms with Crippen LogP contribution in [0.2, 0.25) is 0 Å². The third kappa shape index (κ3) is 5.35. The number of hydrogen-bond acceptors (Lipinski definition) is 4. The number of aliphatic hydroxyl groups is 1. The quantitative estimate of drug-likeness (QED) is 0.733. The fraction of sp³-hybridized carbons (Fsp3) is 0.833. The molecule has 0 rings (SSSR count). The molecule has 0 aliphatic rings. The van der Waals surface area contributed by atoms with E-state index in [-0.39, 0.29) is 18.4 Å². The molecule has 0 aromatic carbocycles. The molecular formula is C12H24N2O4. The van der Waals surface area contributed by atoms with Gasteiger partial charge in [0.05, 0.1) is 13.2 Å². The first-order chi connectivity index (χ1) is 8.33. The van der Waals surface area contributed by atoms with Crippen LogP contribution in [0.5, 0.6) is 0 Å². The number of amides is 2. The molecule has 6 heteroatoms. The number of aliphatic hydroxyl groups excluding tert-OH is 1. The smallest absolute Gasteiger partial charge is 0.407 e. The van der Waals surface area contributed by atoms with Crippen molar-refractivity contribution in [3.05, 3.63) is 0 Å². The molecule has 2 amide bonds. The first kappa shape index (κ1) is 16.7. The van der Waals surface area contributed by atoms with Crippen LogP contribution < -0.4 is 5.32 Å². The van der Waals surface area contributed by atoms with E-state index >= 15 is 0 Å². The Morgan fingerprint density at radius 1 is 1.33 bits per heavy atom. The van der Waals surface area contributed by atoms with Crippen molar-refractivity contribution in [3.8, 4) is 0 Å². The molecule has 0 aliphatic heterocycles. The molecule has 0 aliphatic carbocycles. The second kappa shape index (κ2) is 7.92. The normalized spacial score (nSPS) is 13.9. The fourth-order valence-corrected chi connectivity index (χ4v) is 1.59. The number of hydrogen-bond donors (Lipinski definition) is 2. The molecule has 18 heavy (non-hydrogen) atoms. The van der Waals surface area contributed by atoms with Crippen LogP contribution in [0.1, 0.15) is 27.7 Å². The van der Waals surface area contributed by atoms with E-state index < -0.39 is 18.2 Å². The summed E-state index contributed by atoms with van der Waals surface area (Å²) in [5, 5.41) is 11.9. The summed E-state index contributed by atoms with van der Waals surface area (Å²) >= 11 is 0. The SMILES string of the molecule is CCN(C[C@H](C)O)C(=O)[C@@H](NC(=O)OC)C(C)C. The lowest BCUT2D eigenvalue weighted by molar-refractivity contribution is -0.135. The number of alkyl carbamates (subject to hydrolysis) is 1. The van der Waals surface area contributed by atoms with E-state index in [1.807, 2.05) is 20.8 Å². The number of likely N-dealkylation sites (N-methyl/N-ethyl adjacent to an activating group) is 1. The molecule has 2 atom stereocenters. The molecular weight excluding hydrogens is 236 g/mol. The highest BCUT2D eigenvalue weighted by molar-refractivity contribution is 5.85. The van der Waals surface area contributed by atoms with Crippen LogP contribution in [0, 0.1) is 5.92 Å². The predicted molar refractivity (Wildman–Crippen MR) is 68.1 cm³/mol. The molecule has 0 spiro atoms. The van der Waals surface area contributed by atoms with Crippen molar-refractivity contribution in [2.24, 2.45) is 5.92 Å². The lowest BCUT2D eigenvalue weighted by Gasteiger charge is -2.29. The molecule has 0 fully saturated rings. The molecule has 0 saturated heterocycles. The number of methoxy groups -OCH3 is 1. The molecule has 106 valence electrons. The Hall–Kier alpha value is -1.30. The Morgan fingerprint density at radius 2 is 1.89 bits per heavy atom. The second-order valence-corrected chi connectivity index (χ2v) is 4.58. The van der Waals surface area contributed by atoms with Crippen LogP contribution in [0.15, 0.2) is 0 Å². The highest BCUT2D eigenvalue weighted by Gasteiger charge is 2.28. The van der Waals surface area contributed by atoms with E-state index in [2.05, 4.69) is 10.1 Å². The van der Waals surface area contributed by atoms with E-state index in [9.17, 15) is 14.7 Å². The van der Waals surface area contributed by atoms with E-state index in [0.717, 1.165) is 0 Å². The number of rotatable bonds is 6. The maximum Gasteiger partial charge on any atom is 0.407 e. The zero-order valence-corrected chi connectivity index (χ0v) is 11.8.